The average molecular weight is 296 g/mol. The molecule has 4 nitrogen and oxygen atoms in total. The normalized spacial score (nSPS) is 26.4. The molecule has 0 aromatic carbocycles. The van der Waals surface area contributed by atoms with Crippen LogP contribution in [0.3, 0.4) is 0 Å². The molecular formula is C15H24N2O2S. The molecule has 0 saturated carbocycles. The maximum absolute atomic E-state index is 5.94. The highest BCUT2D eigenvalue weighted by atomic mass is 32.1. The second kappa shape index (κ2) is 6.52. The molecule has 1 spiro atoms. The molecule has 0 N–H and O–H groups in total. The lowest BCUT2D eigenvalue weighted by Gasteiger charge is -2.38. The van der Waals surface area contributed by atoms with Gasteiger partial charge in [0, 0.05) is 18.2 Å². The summed E-state index contributed by atoms with van der Waals surface area (Å²) in [6, 6.07) is 0. The van der Waals surface area contributed by atoms with E-state index in [-0.39, 0.29) is 0 Å². The predicted molar refractivity (Wildman–Crippen MR) is 79.9 cm³/mol. The third-order valence-electron chi connectivity index (χ3n) is 4.55. The van der Waals surface area contributed by atoms with E-state index in [9.17, 15) is 0 Å². The van der Waals surface area contributed by atoms with Crippen LogP contribution in [0.5, 0.6) is 0 Å². The van der Waals surface area contributed by atoms with Gasteiger partial charge in [-0.15, -0.1) is 11.3 Å². The fourth-order valence-electron chi connectivity index (χ4n) is 3.31. The van der Waals surface area contributed by atoms with E-state index in [0.29, 0.717) is 11.5 Å². The van der Waals surface area contributed by atoms with E-state index in [4.69, 9.17) is 9.47 Å². The molecule has 1 aromatic heterocycles. The summed E-state index contributed by atoms with van der Waals surface area (Å²) >= 11 is 1.76. The maximum Gasteiger partial charge on any atom is 0.107 e. The van der Waals surface area contributed by atoms with Crippen molar-refractivity contribution < 1.29 is 9.47 Å². The minimum Gasteiger partial charge on any atom is -0.379 e. The zero-order valence-corrected chi connectivity index (χ0v) is 13.0. The summed E-state index contributed by atoms with van der Waals surface area (Å²) < 4.78 is 11.4. The highest BCUT2D eigenvalue weighted by Crippen LogP contribution is 2.42. The zero-order chi connectivity index (χ0) is 13.8. The molecule has 2 saturated heterocycles. The number of aromatic nitrogens is 1. The van der Waals surface area contributed by atoms with Crippen LogP contribution in [0.25, 0.3) is 0 Å². The van der Waals surface area contributed by atoms with E-state index in [1.165, 1.54) is 37.4 Å². The van der Waals surface area contributed by atoms with Crippen molar-refractivity contribution in [2.45, 2.75) is 38.8 Å². The van der Waals surface area contributed by atoms with Gasteiger partial charge in [-0.3, -0.25) is 4.90 Å². The highest BCUT2D eigenvalue weighted by molar-refractivity contribution is 7.09. The van der Waals surface area contributed by atoms with E-state index < -0.39 is 0 Å². The molecule has 0 aliphatic carbocycles. The van der Waals surface area contributed by atoms with Crippen molar-refractivity contribution in [1.29, 1.82) is 0 Å². The number of rotatable bonds is 5. The maximum atomic E-state index is 5.94. The summed E-state index contributed by atoms with van der Waals surface area (Å²) in [6.45, 7) is 7.87. The summed E-state index contributed by atoms with van der Waals surface area (Å²) in [4.78, 5) is 6.91. The standard InChI is InChI=1S/C15H24N2O2S/c1-2-18-11-13-9-15(12-19-13)3-6-17(7-4-15)10-14-16-5-8-20-14/h5,8,13H,2-4,6-7,9-12H2,1H3. The van der Waals surface area contributed by atoms with Crippen LogP contribution in [-0.4, -0.2) is 48.9 Å². The van der Waals surface area contributed by atoms with Crippen molar-refractivity contribution in [3.63, 3.8) is 0 Å². The second-order valence-corrected chi connectivity index (χ2v) is 6.98. The first-order chi connectivity index (χ1) is 9.80. The van der Waals surface area contributed by atoms with Gasteiger partial charge in [-0.25, -0.2) is 4.98 Å². The molecule has 3 rings (SSSR count). The van der Waals surface area contributed by atoms with Crippen LogP contribution in [0.1, 0.15) is 31.2 Å². The fraction of sp³-hybridized carbons (Fsp3) is 0.800. The number of nitrogens with zero attached hydrogens (tertiary/aromatic N) is 2. The molecule has 1 atom stereocenters. The van der Waals surface area contributed by atoms with E-state index in [1.807, 2.05) is 13.1 Å². The van der Waals surface area contributed by atoms with E-state index in [1.54, 1.807) is 11.3 Å². The zero-order valence-electron chi connectivity index (χ0n) is 12.2. The third-order valence-corrected chi connectivity index (χ3v) is 5.32. The van der Waals surface area contributed by atoms with Gasteiger partial charge in [0.2, 0.25) is 0 Å². The molecule has 2 aliphatic heterocycles. The molecule has 0 radical (unpaired) electrons. The van der Waals surface area contributed by atoms with Gasteiger partial charge in [-0.05, 0) is 44.7 Å². The van der Waals surface area contributed by atoms with Crippen molar-refractivity contribution in [3.05, 3.63) is 16.6 Å². The van der Waals surface area contributed by atoms with Crippen LogP contribution in [0.2, 0.25) is 0 Å². The second-order valence-electron chi connectivity index (χ2n) is 6.00. The lowest BCUT2D eigenvalue weighted by molar-refractivity contribution is 0.0158. The van der Waals surface area contributed by atoms with Crippen molar-refractivity contribution in [1.82, 2.24) is 9.88 Å². The van der Waals surface area contributed by atoms with Gasteiger partial charge in [0.25, 0.3) is 0 Å². The number of likely N-dealkylation sites (tertiary alicyclic amines) is 1. The first-order valence-electron chi connectivity index (χ1n) is 7.60. The molecule has 20 heavy (non-hydrogen) atoms. The lowest BCUT2D eigenvalue weighted by atomic mass is 9.77. The summed E-state index contributed by atoms with van der Waals surface area (Å²) in [5.74, 6) is 0. The summed E-state index contributed by atoms with van der Waals surface area (Å²) in [5.41, 5.74) is 0.418. The molecule has 3 heterocycles. The Morgan fingerprint density at radius 3 is 3.05 bits per heavy atom. The van der Waals surface area contributed by atoms with E-state index in [2.05, 4.69) is 15.3 Å². The van der Waals surface area contributed by atoms with Crippen LogP contribution in [-0.2, 0) is 16.0 Å². The molecule has 5 heteroatoms. The highest BCUT2D eigenvalue weighted by Gasteiger charge is 2.42. The monoisotopic (exact) mass is 296 g/mol. The first-order valence-corrected chi connectivity index (χ1v) is 8.48. The molecule has 2 fully saturated rings. The van der Waals surface area contributed by atoms with Crippen LogP contribution in [0.15, 0.2) is 11.6 Å². The lowest BCUT2D eigenvalue weighted by Crippen LogP contribution is -2.40. The Morgan fingerprint density at radius 1 is 1.50 bits per heavy atom. The van der Waals surface area contributed by atoms with Crippen LogP contribution in [0.4, 0.5) is 0 Å². The Morgan fingerprint density at radius 2 is 2.35 bits per heavy atom. The fourth-order valence-corrected chi connectivity index (χ4v) is 3.97. The van der Waals surface area contributed by atoms with E-state index in [0.717, 1.165) is 26.4 Å². The minimum atomic E-state index is 0.320. The molecule has 1 aromatic rings. The Bertz CT molecular complexity index is 402. The molecule has 0 amide bonds. The van der Waals surface area contributed by atoms with Gasteiger partial charge in [0.1, 0.15) is 5.01 Å². The smallest absolute Gasteiger partial charge is 0.107 e. The largest absolute Gasteiger partial charge is 0.379 e. The molecular weight excluding hydrogens is 272 g/mol. The van der Waals surface area contributed by atoms with Crippen molar-refractivity contribution in [2.75, 3.05) is 32.9 Å². The number of piperidine rings is 1. The quantitative estimate of drug-likeness (QED) is 0.836. The molecule has 2 aliphatic rings. The van der Waals surface area contributed by atoms with Crippen molar-refractivity contribution in [2.24, 2.45) is 5.41 Å². The number of thiazole rings is 1. The Hall–Kier alpha value is -0.490. The van der Waals surface area contributed by atoms with Gasteiger partial charge >= 0.3 is 0 Å². The molecule has 0 bridgehead atoms. The Labute approximate surface area is 125 Å². The van der Waals surface area contributed by atoms with Crippen LogP contribution < -0.4 is 0 Å². The van der Waals surface area contributed by atoms with Gasteiger partial charge in [-0.1, -0.05) is 0 Å². The topological polar surface area (TPSA) is 34.6 Å². The van der Waals surface area contributed by atoms with Gasteiger partial charge in [0.05, 0.1) is 25.9 Å². The summed E-state index contributed by atoms with van der Waals surface area (Å²) in [5, 5.41) is 3.29. The van der Waals surface area contributed by atoms with Gasteiger partial charge < -0.3 is 9.47 Å². The summed E-state index contributed by atoms with van der Waals surface area (Å²) in [7, 11) is 0. The van der Waals surface area contributed by atoms with Gasteiger partial charge in [-0.2, -0.15) is 0 Å². The predicted octanol–water partition coefficient (Wildman–Crippen LogP) is 2.55. The van der Waals surface area contributed by atoms with E-state index >= 15 is 0 Å². The summed E-state index contributed by atoms with van der Waals surface area (Å²) in [6.07, 6.45) is 5.90. The van der Waals surface area contributed by atoms with Crippen molar-refractivity contribution >= 4 is 11.3 Å². The number of hydrogen-bond donors (Lipinski definition) is 0. The number of hydrogen-bond acceptors (Lipinski definition) is 5. The van der Waals surface area contributed by atoms with Crippen LogP contribution >= 0.6 is 11.3 Å². The average Bonchev–Trinajstić information content (AvgIpc) is 3.10. The minimum absolute atomic E-state index is 0.320. The number of ether oxygens (including phenoxy) is 2. The third kappa shape index (κ3) is 3.39. The molecule has 1 unspecified atom stereocenters. The Balaban J connectivity index is 1.46. The van der Waals surface area contributed by atoms with Crippen molar-refractivity contribution in [3.8, 4) is 0 Å². The molecule has 112 valence electrons. The first kappa shape index (κ1) is 14.4. The SMILES string of the molecule is CCOCC1CC2(CCN(Cc3nccs3)CC2)CO1. The van der Waals surface area contributed by atoms with Gasteiger partial charge in [0.15, 0.2) is 0 Å². The Kier molecular flexibility index (Phi) is 4.71. The van der Waals surface area contributed by atoms with Crippen LogP contribution in [0, 0.1) is 5.41 Å².